The van der Waals surface area contributed by atoms with Crippen LogP contribution in [0.25, 0.3) is 10.2 Å². The van der Waals surface area contributed by atoms with Crippen LogP contribution < -0.4 is 0 Å². The number of rotatable bonds is 6. The molecule has 3 saturated carbocycles. The summed E-state index contributed by atoms with van der Waals surface area (Å²) >= 11 is 9.08. The van der Waals surface area contributed by atoms with Gasteiger partial charge in [0.2, 0.25) is 0 Å². The Morgan fingerprint density at radius 1 is 1.23 bits per heavy atom. The highest BCUT2D eigenvalue weighted by Crippen LogP contribution is 2.73. The van der Waals surface area contributed by atoms with Crippen molar-refractivity contribution in [2.75, 3.05) is 18.8 Å². The molecule has 1 aliphatic heterocycles. The van der Waals surface area contributed by atoms with Gasteiger partial charge < -0.3 is 5.11 Å². The van der Waals surface area contributed by atoms with Gasteiger partial charge in [0.05, 0.1) is 22.1 Å². The Bertz CT molecular complexity index is 1760. The lowest BCUT2D eigenvalue weighted by Gasteiger charge is -2.63. The Morgan fingerprint density at radius 2 is 2.04 bits per heavy atom. The smallest absolute Gasteiger partial charge is 0.178 e. The minimum absolute atomic E-state index is 0.0180. The molecule has 11 heteroatoms. The predicted octanol–water partition coefficient (Wildman–Crippen LogP) is 7.19. The quantitative estimate of drug-likeness (QED) is 0.320. The number of thioether (sulfide) groups is 1. The molecule has 10 atom stereocenters. The van der Waals surface area contributed by atoms with Gasteiger partial charge in [0.1, 0.15) is 6.17 Å². The summed E-state index contributed by atoms with van der Waals surface area (Å²) in [4.78, 5) is 38.6. The summed E-state index contributed by atoms with van der Waals surface area (Å²) in [5.41, 5.74) is -5.00. The number of benzene rings is 1. The van der Waals surface area contributed by atoms with Crippen LogP contribution in [-0.4, -0.2) is 69.1 Å². The summed E-state index contributed by atoms with van der Waals surface area (Å²) in [6, 6.07) is 7.85. The summed E-state index contributed by atoms with van der Waals surface area (Å²) in [5.74, 6) is -1.78. The molecule has 4 fully saturated rings. The SMILES string of the molecule is C[C@]12C=CC(=O)C=C1[C@@H](F)C[C@H]1[C@@H]3C[C@H]4CN(CC5C=CC(Cl)=CC5)O[C@@]4(C(=O)CSc4nc5ccccc5s4)[C@@]3(C)C[C@H](O)[C@@]12F. The molecule has 2 aromatic rings. The number of hydrogen-bond acceptors (Lipinski definition) is 8. The first-order valence-electron chi connectivity index (χ1n) is 16.3. The fourth-order valence-corrected chi connectivity index (χ4v) is 12.3. The number of allylic oxidation sites excluding steroid dienone is 7. The van der Waals surface area contributed by atoms with Gasteiger partial charge in [-0.25, -0.2) is 13.8 Å². The van der Waals surface area contributed by atoms with Crippen LogP contribution in [0.2, 0.25) is 0 Å². The van der Waals surface area contributed by atoms with Crippen LogP contribution in [0, 0.1) is 34.5 Å². The van der Waals surface area contributed by atoms with Gasteiger partial charge in [-0.1, -0.05) is 60.6 Å². The van der Waals surface area contributed by atoms with Gasteiger partial charge in [0.25, 0.3) is 0 Å². The Balaban J connectivity index is 1.15. The molecule has 6 aliphatic rings. The average Bonchev–Trinajstić information content (AvgIpc) is 3.69. The summed E-state index contributed by atoms with van der Waals surface area (Å²) in [5, 5.41) is 14.5. The van der Waals surface area contributed by atoms with Crippen molar-refractivity contribution in [3.63, 3.8) is 0 Å². The second-order valence-electron chi connectivity index (χ2n) is 14.6. The number of halogens is 3. The molecule has 1 aromatic heterocycles. The molecule has 1 saturated heterocycles. The zero-order chi connectivity index (χ0) is 32.9. The molecular formula is C36H37ClF2N2O4S2. The number of aromatic nitrogens is 1. The molecule has 248 valence electrons. The number of hydrogen-bond donors (Lipinski definition) is 1. The number of Topliss-reactive ketones (excluding diaryl/α,β-unsaturated/α-hetero) is 1. The lowest BCUT2D eigenvalue weighted by Crippen LogP contribution is -2.70. The van der Waals surface area contributed by atoms with Gasteiger partial charge >= 0.3 is 0 Å². The number of para-hydroxylation sites is 1. The molecule has 0 bridgehead atoms. The number of carbonyl (C=O) groups excluding carboxylic acids is 2. The van der Waals surface area contributed by atoms with Crippen LogP contribution in [0.5, 0.6) is 0 Å². The van der Waals surface area contributed by atoms with Crippen LogP contribution in [0.15, 0.2) is 75.7 Å². The molecule has 1 aromatic carbocycles. The van der Waals surface area contributed by atoms with E-state index in [-0.39, 0.29) is 47.6 Å². The Kier molecular flexibility index (Phi) is 7.60. The number of thiazole rings is 1. The first-order chi connectivity index (χ1) is 22.4. The minimum atomic E-state index is -2.21. The van der Waals surface area contributed by atoms with Gasteiger partial charge in [-0.3, -0.25) is 14.4 Å². The fraction of sp³-hybridized carbons (Fsp3) is 0.528. The summed E-state index contributed by atoms with van der Waals surface area (Å²) in [6.07, 6.45) is 7.88. The van der Waals surface area contributed by atoms with E-state index in [1.807, 2.05) is 48.4 Å². The molecule has 0 amide bonds. The standard InChI is InChI=1S/C36H37ClF2N2O4S2/c1-33-12-11-23(42)14-26(33)27(38)15-25-24-13-21-18-41(17-20-7-9-22(37)10-8-20)45-36(21,34(24,2)16-30(43)35(25,33)39)31(44)19-46-32-40-28-5-3-4-6-29(28)47-32/h3-7,9-12,14,20-21,24-25,27,30,43H,8,13,15-19H2,1-2H3/t20?,21-,24-,25-,27-,30-,33-,34-,35-,36-/m0/s1. The number of aliphatic hydroxyl groups is 1. The molecule has 0 spiro atoms. The zero-order valence-electron chi connectivity index (χ0n) is 26.2. The Labute approximate surface area is 285 Å². The van der Waals surface area contributed by atoms with E-state index in [0.717, 1.165) is 21.0 Å². The second-order valence-corrected chi connectivity index (χ2v) is 17.3. The van der Waals surface area contributed by atoms with Gasteiger partial charge in [-0.2, -0.15) is 5.06 Å². The van der Waals surface area contributed by atoms with Crippen molar-refractivity contribution in [3.05, 3.63) is 71.3 Å². The highest BCUT2D eigenvalue weighted by molar-refractivity contribution is 8.01. The first kappa shape index (κ1) is 32.0. The molecule has 5 aliphatic carbocycles. The molecule has 1 unspecified atom stereocenters. The Hall–Kier alpha value is -2.21. The molecule has 6 nitrogen and oxygen atoms in total. The monoisotopic (exact) mass is 698 g/mol. The maximum atomic E-state index is 17.8. The molecular weight excluding hydrogens is 662 g/mol. The maximum Gasteiger partial charge on any atom is 0.178 e. The highest BCUT2D eigenvalue weighted by atomic mass is 35.5. The number of carbonyl (C=O) groups is 2. The third-order valence-corrected chi connectivity index (χ3v) is 14.7. The van der Waals surface area contributed by atoms with E-state index < -0.39 is 46.2 Å². The van der Waals surface area contributed by atoms with E-state index in [4.69, 9.17) is 21.4 Å². The van der Waals surface area contributed by atoms with E-state index in [1.54, 1.807) is 6.92 Å². The van der Waals surface area contributed by atoms with Crippen LogP contribution in [0.3, 0.4) is 0 Å². The summed E-state index contributed by atoms with van der Waals surface area (Å²) < 4.78 is 35.7. The van der Waals surface area contributed by atoms with Crippen molar-refractivity contribution in [1.29, 1.82) is 0 Å². The van der Waals surface area contributed by atoms with Crippen molar-refractivity contribution >= 4 is 56.5 Å². The molecule has 1 N–H and O–H groups in total. The zero-order valence-corrected chi connectivity index (χ0v) is 28.6. The van der Waals surface area contributed by atoms with E-state index in [0.29, 0.717) is 24.5 Å². The van der Waals surface area contributed by atoms with Crippen molar-refractivity contribution in [3.8, 4) is 0 Å². The number of hydroxylamine groups is 2. The largest absolute Gasteiger partial charge is 0.390 e. The van der Waals surface area contributed by atoms with E-state index >= 15 is 8.78 Å². The highest BCUT2D eigenvalue weighted by Gasteiger charge is 2.79. The predicted molar refractivity (Wildman–Crippen MR) is 179 cm³/mol. The van der Waals surface area contributed by atoms with Gasteiger partial charge in [-0.05, 0) is 80.4 Å². The maximum absolute atomic E-state index is 17.8. The van der Waals surface area contributed by atoms with Crippen molar-refractivity contribution in [2.24, 2.45) is 34.5 Å². The van der Waals surface area contributed by atoms with E-state index in [9.17, 15) is 14.7 Å². The van der Waals surface area contributed by atoms with Crippen LogP contribution >= 0.6 is 34.7 Å². The molecule has 8 rings (SSSR count). The topological polar surface area (TPSA) is 79.7 Å². The lowest BCUT2D eigenvalue weighted by molar-refractivity contribution is -0.267. The minimum Gasteiger partial charge on any atom is -0.390 e. The van der Waals surface area contributed by atoms with E-state index in [2.05, 4.69) is 6.08 Å². The van der Waals surface area contributed by atoms with Crippen molar-refractivity contribution < 1.29 is 28.3 Å². The number of alkyl halides is 2. The van der Waals surface area contributed by atoms with Crippen molar-refractivity contribution in [1.82, 2.24) is 10.0 Å². The third-order valence-electron chi connectivity index (χ3n) is 12.3. The van der Waals surface area contributed by atoms with Crippen LogP contribution in [0.1, 0.15) is 39.5 Å². The summed E-state index contributed by atoms with van der Waals surface area (Å²) in [6.45, 7) is 4.59. The number of nitrogens with zero attached hydrogens (tertiary/aromatic N) is 2. The second kappa shape index (κ2) is 11.2. The Morgan fingerprint density at radius 3 is 2.81 bits per heavy atom. The lowest BCUT2D eigenvalue weighted by atomic mass is 9.44. The molecule has 47 heavy (non-hydrogen) atoms. The van der Waals surface area contributed by atoms with Crippen LogP contribution in [0.4, 0.5) is 8.78 Å². The number of fused-ring (bicyclic) bond motifs is 8. The normalized spacial score (nSPS) is 42.5. The van der Waals surface area contributed by atoms with Crippen LogP contribution in [-0.2, 0) is 14.4 Å². The number of aliphatic hydroxyl groups excluding tert-OH is 1. The first-order valence-corrected chi connectivity index (χ1v) is 18.5. The fourth-order valence-electron chi connectivity index (χ4n) is 10.1. The van der Waals surface area contributed by atoms with Gasteiger partial charge in [0, 0.05) is 40.8 Å². The molecule has 0 radical (unpaired) electrons. The number of ketones is 2. The third kappa shape index (κ3) is 4.54. The average molecular weight is 699 g/mol. The van der Waals surface area contributed by atoms with Gasteiger partial charge in [0.15, 0.2) is 27.2 Å². The van der Waals surface area contributed by atoms with Gasteiger partial charge in [-0.15, -0.1) is 11.3 Å². The van der Waals surface area contributed by atoms with Crippen molar-refractivity contribution in [2.45, 2.75) is 67.4 Å². The summed E-state index contributed by atoms with van der Waals surface area (Å²) in [7, 11) is 0. The van der Waals surface area contributed by atoms with E-state index in [1.165, 1.54) is 41.3 Å². The molecule has 2 heterocycles.